The molecule has 2 aromatic rings. The summed E-state index contributed by atoms with van der Waals surface area (Å²) in [5.74, 6) is 1.47. The summed E-state index contributed by atoms with van der Waals surface area (Å²) >= 11 is 0. The van der Waals surface area contributed by atoms with E-state index in [1.165, 1.54) is 0 Å². The number of para-hydroxylation sites is 3. The Morgan fingerprint density at radius 2 is 1.81 bits per heavy atom. The number of rotatable bonds is 5. The Hall–Kier alpha value is -3.22. The van der Waals surface area contributed by atoms with Crippen molar-refractivity contribution in [3.63, 3.8) is 0 Å². The van der Waals surface area contributed by atoms with E-state index >= 15 is 0 Å². The van der Waals surface area contributed by atoms with E-state index in [1.807, 2.05) is 58.3 Å². The summed E-state index contributed by atoms with van der Waals surface area (Å²) in [4.78, 5) is 29.7. The molecule has 170 valence electrons. The highest BCUT2D eigenvalue weighted by Gasteiger charge is 2.34. The zero-order valence-electron chi connectivity index (χ0n) is 18.8. The van der Waals surface area contributed by atoms with Gasteiger partial charge in [0.1, 0.15) is 17.6 Å². The molecule has 0 unspecified atom stereocenters. The standard InChI is InChI=1S/C25H31N3O4/c1-3-20-17-28(21-9-5-7-11-23(21)32-20)25(30)27-14-12-18(13-15-27)24(29)26-16-19-8-4-6-10-22(19)31-2/h4-11,18,20H,3,12-17H2,1-2H3,(H,26,29)/t20-/m1/s1. The molecule has 7 heteroatoms. The third-order valence-electron chi connectivity index (χ3n) is 6.30. The second kappa shape index (κ2) is 9.94. The molecule has 1 fully saturated rings. The Labute approximate surface area is 189 Å². The number of nitrogens with one attached hydrogen (secondary N) is 1. The zero-order valence-corrected chi connectivity index (χ0v) is 18.8. The number of carbonyl (C=O) groups excluding carboxylic acids is 2. The van der Waals surface area contributed by atoms with Crippen molar-refractivity contribution in [2.75, 3.05) is 31.6 Å². The first kappa shape index (κ1) is 22.0. The smallest absolute Gasteiger partial charge is 0.324 e. The molecule has 2 aromatic carbocycles. The first-order chi connectivity index (χ1) is 15.6. The maximum absolute atomic E-state index is 13.3. The first-order valence-corrected chi connectivity index (χ1v) is 11.3. The van der Waals surface area contributed by atoms with Crippen LogP contribution in [-0.4, -0.2) is 49.7 Å². The van der Waals surface area contributed by atoms with Gasteiger partial charge in [0.2, 0.25) is 5.91 Å². The average molecular weight is 438 g/mol. The van der Waals surface area contributed by atoms with Crippen LogP contribution in [0, 0.1) is 5.92 Å². The Bertz CT molecular complexity index is 956. The summed E-state index contributed by atoms with van der Waals surface area (Å²) in [5.41, 5.74) is 1.77. The van der Waals surface area contributed by atoms with Gasteiger partial charge in [-0.3, -0.25) is 9.69 Å². The van der Waals surface area contributed by atoms with Crippen LogP contribution in [-0.2, 0) is 11.3 Å². The number of anilines is 1. The summed E-state index contributed by atoms with van der Waals surface area (Å²) in [6, 6.07) is 15.4. The monoisotopic (exact) mass is 437 g/mol. The molecule has 0 aromatic heterocycles. The number of carbonyl (C=O) groups is 2. The highest BCUT2D eigenvalue weighted by Crippen LogP contribution is 2.35. The second-order valence-electron chi connectivity index (χ2n) is 8.30. The van der Waals surface area contributed by atoms with E-state index < -0.39 is 0 Å². The van der Waals surface area contributed by atoms with Gasteiger partial charge in [0, 0.05) is 31.1 Å². The quantitative estimate of drug-likeness (QED) is 0.772. The van der Waals surface area contributed by atoms with Crippen LogP contribution >= 0.6 is 0 Å². The van der Waals surface area contributed by atoms with Crippen molar-refractivity contribution in [1.29, 1.82) is 0 Å². The molecule has 0 saturated carbocycles. The highest BCUT2D eigenvalue weighted by atomic mass is 16.5. The number of hydrogen-bond acceptors (Lipinski definition) is 4. The van der Waals surface area contributed by atoms with Crippen molar-refractivity contribution in [2.45, 2.75) is 38.8 Å². The average Bonchev–Trinajstić information content (AvgIpc) is 2.86. The van der Waals surface area contributed by atoms with E-state index in [-0.39, 0.29) is 24.0 Å². The maximum Gasteiger partial charge on any atom is 0.324 e. The summed E-state index contributed by atoms with van der Waals surface area (Å²) in [6.45, 7) is 4.19. The highest BCUT2D eigenvalue weighted by molar-refractivity contribution is 5.94. The summed E-state index contributed by atoms with van der Waals surface area (Å²) in [7, 11) is 1.63. The minimum absolute atomic E-state index is 0.00727. The molecule has 1 N–H and O–H groups in total. The number of benzene rings is 2. The maximum atomic E-state index is 13.3. The number of methoxy groups -OCH3 is 1. The van der Waals surface area contributed by atoms with Crippen LogP contribution in [0.2, 0.25) is 0 Å². The van der Waals surface area contributed by atoms with Crippen LogP contribution in [0.15, 0.2) is 48.5 Å². The van der Waals surface area contributed by atoms with Crippen LogP contribution in [0.3, 0.4) is 0 Å². The Kier molecular flexibility index (Phi) is 6.83. The van der Waals surface area contributed by atoms with Crippen molar-refractivity contribution < 1.29 is 19.1 Å². The van der Waals surface area contributed by atoms with Gasteiger partial charge >= 0.3 is 6.03 Å². The lowest BCUT2D eigenvalue weighted by Crippen LogP contribution is -2.52. The van der Waals surface area contributed by atoms with Crippen LogP contribution in [0.4, 0.5) is 10.5 Å². The number of nitrogens with zero attached hydrogens (tertiary/aromatic N) is 2. The van der Waals surface area contributed by atoms with E-state index in [2.05, 4.69) is 12.2 Å². The van der Waals surface area contributed by atoms with Crippen molar-refractivity contribution in [1.82, 2.24) is 10.2 Å². The molecule has 2 aliphatic rings. The number of hydrogen-bond donors (Lipinski definition) is 1. The number of urea groups is 1. The summed E-state index contributed by atoms with van der Waals surface area (Å²) < 4.78 is 11.4. The van der Waals surface area contributed by atoms with Crippen LogP contribution in [0.25, 0.3) is 0 Å². The van der Waals surface area contributed by atoms with Gasteiger partial charge in [-0.05, 0) is 37.5 Å². The second-order valence-corrected chi connectivity index (χ2v) is 8.30. The largest absolute Gasteiger partial charge is 0.496 e. The van der Waals surface area contributed by atoms with Gasteiger partial charge in [0.25, 0.3) is 0 Å². The van der Waals surface area contributed by atoms with Crippen LogP contribution in [0.5, 0.6) is 11.5 Å². The minimum atomic E-state index is -0.0888. The lowest BCUT2D eigenvalue weighted by molar-refractivity contribution is -0.126. The minimum Gasteiger partial charge on any atom is -0.496 e. The van der Waals surface area contributed by atoms with Crippen molar-refractivity contribution in [3.8, 4) is 11.5 Å². The summed E-state index contributed by atoms with van der Waals surface area (Å²) in [6.07, 6.45) is 2.15. The van der Waals surface area contributed by atoms with E-state index in [4.69, 9.17) is 9.47 Å². The number of amides is 3. The van der Waals surface area contributed by atoms with Gasteiger partial charge in [0.05, 0.1) is 19.3 Å². The number of fused-ring (bicyclic) bond motifs is 1. The van der Waals surface area contributed by atoms with Gasteiger partial charge in [-0.2, -0.15) is 0 Å². The first-order valence-electron chi connectivity index (χ1n) is 11.3. The fourth-order valence-electron chi connectivity index (χ4n) is 4.37. The Morgan fingerprint density at radius 3 is 2.56 bits per heavy atom. The molecule has 2 aliphatic heterocycles. The third-order valence-corrected chi connectivity index (χ3v) is 6.30. The predicted octanol–water partition coefficient (Wildman–Crippen LogP) is 3.82. The van der Waals surface area contributed by atoms with Crippen LogP contribution in [0.1, 0.15) is 31.7 Å². The molecule has 0 spiro atoms. The molecule has 0 aliphatic carbocycles. The van der Waals surface area contributed by atoms with Gasteiger partial charge in [-0.15, -0.1) is 0 Å². The molecule has 3 amide bonds. The predicted molar refractivity (Wildman–Crippen MR) is 123 cm³/mol. The van der Waals surface area contributed by atoms with E-state index in [1.54, 1.807) is 7.11 Å². The number of ether oxygens (including phenoxy) is 2. The third kappa shape index (κ3) is 4.66. The van der Waals surface area contributed by atoms with E-state index in [9.17, 15) is 9.59 Å². The van der Waals surface area contributed by atoms with Gasteiger partial charge < -0.3 is 19.7 Å². The van der Waals surface area contributed by atoms with E-state index in [0.717, 1.165) is 29.2 Å². The number of likely N-dealkylation sites (tertiary alicyclic amines) is 1. The lowest BCUT2D eigenvalue weighted by Gasteiger charge is -2.39. The van der Waals surface area contributed by atoms with E-state index in [0.29, 0.717) is 39.0 Å². The fraction of sp³-hybridized carbons (Fsp3) is 0.440. The molecule has 4 rings (SSSR count). The van der Waals surface area contributed by atoms with Crippen molar-refractivity contribution in [3.05, 3.63) is 54.1 Å². The molecule has 32 heavy (non-hydrogen) atoms. The molecule has 7 nitrogen and oxygen atoms in total. The molecular formula is C25H31N3O4. The molecular weight excluding hydrogens is 406 g/mol. The fourth-order valence-corrected chi connectivity index (χ4v) is 4.37. The van der Waals surface area contributed by atoms with Crippen LogP contribution < -0.4 is 19.7 Å². The van der Waals surface area contributed by atoms with Gasteiger partial charge in [0.15, 0.2) is 0 Å². The molecule has 1 saturated heterocycles. The Balaban J connectivity index is 1.33. The lowest BCUT2D eigenvalue weighted by atomic mass is 9.96. The number of piperidine rings is 1. The molecule has 1 atom stereocenters. The SMILES string of the molecule is CC[C@@H]1CN(C(=O)N2CCC(C(=O)NCc3ccccc3OC)CC2)c2ccccc2O1. The topological polar surface area (TPSA) is 71.1 Å². The normalized spacial score (nSPS) is 18.5. The zero-order chi connectivity index (χ0) is 22.5. The molecule has 2 heterocycles. The van der Waals surface area contributed by atoms with Gasteiger partial charge in [-0.25, -0.2) is 4.79 Å². The Morgan fingerprint density at radius 1 is 1.09 bits per heavy atom. The molecule has 0 radical (unpaired) electrons. The van der Waals surface area contributed by atoms with Crippen molar-refractivity contribution in [2.24, 2.45) is 5.92 Å². The van der Waals surface area contributed by atoms with Gasteiger partial charge in [-0.1, -0.05) is 37.3 Å². The van der Waals surface area contributed by atoms with Crippen molar-refractivity contribution >= 4 is 17.6 Å². The summed E-state index contributed by atoms with van der Waals surface area (Å²) in [5, 5.41) is 3.03. The molecule has 0 bridgehead atoms.